The summed E-state index contributed by atoms with van der Waals surface area (Å²) in [6.45, 7) is 4.06. The van der Waals surface area contributed by atoms with E-state index in [1.165, 1.54) is 11.1 Å². The van der Waals surface area contributed by atoms with Gasteiger partial charge in [-0.05, 0) is 29.7 Å². The molecule has 1 aliphatic rings. The lowest BCUT2D eigenvalue weighted by atomic mass is 10.1. The number of carbonyl (C=O) groups excluding carboxylic acids is 1. The molecule has 1 saturated heterocycles. The number of methoxy groups -OCH3 is 1. The van der Waals surface area contributed by atoms with Crippen molar-refractivity contribution in [2.75, 3.05) is 46.1 Å². The Balaban J connectivity index is 1.30. The second-order valence-corrected chi connectivity index (χ2v) is 10.3. The van der Waals surface area contributed by atoms with Crippen molar-refractivity contribution in [3.05, 3.63) is 83.9 Å². The van der Waals surface area contributed by atoms with E-state index in [9.17, 15) is 9.00 Å². The van der Waals surface area contributed by atoms with E-state index in [2.05, 4.69) is 44.0 Å². The van der Waals surface area contributed by atoms with Crippen molar-refractivity contribution in [3.63, 3.8) is 0 Å². The fraction of sp³-hybridized carbons (Fsp3) is 0.407. The largest absolute Gasteiger partial charge is 0.497 e. The van der Waals surface area contributed by atoms with Crippen molar-refractivity contribution in [1.29, 1.82) is 0 Å². The van der Waals surface area contributed by atoms with Gasteiger partial charge in [0.05, 0.1) is 24.4 Å². The first-order valence-electron chi connectivity index (χ1n) is 12.3. The third kappa shape index (κ3) is 7.02. The van der Waals surface area contributed by atoms with Crippen LogP contribution >= 0.6 is 0 Å². The highest BCUT2D eigenvalue weighted by atomic mass is 32.2. The number of amides is 1. The second kappa shape index (κ2) is 12.8. The van der Waals surface area contributed by atoms with Gasteiger partial charge in [0, 0.05) is 63.8 Å². The molecule has 1 amide bonds. The molecule has 36 heavy (non-hydrogen) atoms. The zero-order chi connectivity index (χ0) is 25.3. The summed E-state index contributed by atoms with van der Waals surface area (Å²) in [5.41, 5.74) is 3.50. The Hall–Kier alpha value is -3.01. The summed E-state index contributed by atoms with van der Waals surface area (Å²) in [5, 5.41) is 3.08. The molecular formula is C27H35N5O3S. The number of benzene rings is 2. The summed E-state index contributed by atoms with van der Waals surface area (Å²) >= 11 is 0. The van der Waals surface area contributed by atoms with Gasteiger partial charge in [-0.2, -0.15) is 0 Å². The summed E-state index contributed by atoms with van der Waals surface area (Å²) in [5.74, 6) is 0.770. The smallest absolute Gasteiger partial charge is 0.239 e. The Labute approximate surface area is 215 Å². The van der Waals surface area contributed by atoms with Gasteiger partial charge in [0.15, 0.2) is 0 Å². The van der Waals surface area contributed by atoms with Crippen LogP contribution in [0.3, 0.4) is 0 Å². The number of hydrogen-bond acceptors (Lipinski definition) is 5. The highest BCUT2D eigenvalue weighted by molar-refractivity contribution is 7.81. The van der Waals surface area contributed by atoms with Crippen LogP contribution in [0.25, 0.3) is 0 Å². The van der Waals surface area contributed by atoms with E-state index >= 15 is 0 Å². The number of nitrogens with zero attached hydrogens (tertiary/aromatic N) is 4. The van der Waals surface area contributed by atoms with Gasteiger partial charge in [0.1, 0.15) is 11.8 Å². The van der Waals surface area contributed by atoms with E-state index in [-0.39, 0.29) is 5.91 Å². The first-order valence-corrected chi connectivity index (χ1v) is 13.8. The molecule has 0 spiro atoms. The van der Waals surface area contributed by atoms with Gasteiger partial charge in [-0.3, -0.25) is 9.69 Å². The molecule has 0 saturated carbocycles. The maximum Gasteiger partial charge on any atom is 0.239 e. The molecule has 3 aromatic rings. The summed E-state index contributed by atoms with van der Waals surface area (Å²) in [7, 11) is 0.458. The lowest BCUT2D eigenvalue weighted by molar-refractivity contribution is -0.126. The van der Waals surface area contributed by atoms with Crippen molar-refractivity contribution in [2.24, 2.45) is 0 Å². The molecule has 0 radical (unpaired) electrons. The second-order valence-electron chi connectivity index (χ2n) is 9.02. The number of nitrogens with one attached hydrogen (secondary N) is 1. The van der Waals surface area contributed by atoms with Gasteiger partial charge >= 0.3 is 0 Å². The van der Waals surface area contributed by atoms with Crippen LogP contribution < -0.4 is 10.1 Å². The summed E-state index contributed by atoms with van der Waals surface area (Å²) in [4.78, 5) is 19.7. The lowest BCUT2D eigenvalue weighted by Crippen LogP contribution is -2.59. The topological polar surface area (TPSA) is 79.7 Å². The molecule has 1 fully saturated rings. The Morgan fingerprint density at radius 2 is 1.86 bits per heavy atom. The van der Waals surface area contributed by atoms with Crippen molar-refractivity contribution in [1.82, 2.24) is 24.1 Å². The maximum atomic E-state index is 13.2. The first kappa shape index (κ1) is 26.1. The Morgan fingerprint density at radius 1 is 1.08 bits per heavy atom. The normalized spacial score (nSPS) is 17.6. The number of ether oxygens (including phenoxy) is 1. The van der Waals surface area contributed by atoms with E-state index in [0.29, 0.717) is 26.1 Å². The fourth-order valence-electron chi connectivity index (χ4n) is 4.54. The minimum Gasteiger partial charge on any atom is -0.497 e. The Kier molecular flexibility index (Phi) is 9.27. The lowest BCUT2D eigenvalue weighted by Gasteiger charge is -2.39. The van der Waals surface area contributed by atoms with Crippen LogP contribution in [-0.2, 0) is 35.2 Å². The van der Waals surface area contributed by atoms with Gasteiger partial charge in [0.25, 0.3) is 0 Å². The van der Waals surface area contributed by atoms with Crippen molar-refractivity contribution < 1.29 is 13.7 Å². The molecule has 2 heterocycles. The predicted octanol–water partition coefficient (Wildman–Crippen LogP) is 2.12. The minimum absolute atomic E-state index is 0.0755. The fourth-order valence-corrected chi connectivity index (χ4v) is 5.40. The number of aromatic nitrogens is 2. The zero-order valence-electron chi connectivity index (χ0n) is 21.0. The summed E-state index contributed by atoms with van der Waals surface area (Å²) < 4.78 is 21.5. The predicted molar refractivity (Wildman–Crippen MR) is 142 cm³/mol. The maximum absolute atomic E-state index is 13.2. The van der Waals surface area contributed by atoms with E-state index in [1.807, 2.05) is 42.9 Å². The van der Waals surface area contributed by atoms with Crippen molar-refractivity contribution >= 4 is 16.9 Å². The molecule has 1 aliphatic heterocycles. The highest BCUT2D eigenvalue weighted by Gasteiger charge is 2.34. The van der Waals surface area contributed by atoms with Crippen LogP contribution in [0.4, 0.5) is 0 Å². The number of imidazole rings is 1. The molecule has 0 aliphatic carbocycles. The van der Waals surface area contributed by atoms with E-state index in [1.54, 1.807) is 17.7 Å². The third-order valence-electron chi connectivity index (χ3n) is 6.60. The van der Waals surface area contributed by atoms with Crippen molar-refractivity contribution in [3.8, 4) is 5.75 Å². The van der Waals surface area contributed by atoms with Crippen LogP contribution in [0, 0.1) is 0 Å². The van der Waals surface area contributed by atoms with E-state index in [4.69, 9.17) is 4.74 Å². The molecule has 4 rings (SSSR count). The Bertz CT molecular complexity index is 1140. The quantitative estimate of drug-likeness (QED) is 0.428. The van der Waals surface area contributed by atoms with Crippen LogP contribution in [-0.4, -0.2) is 81.0 Å². The molecule has 2 aromatic carbocycles. The molecular weight excluding hydrogens is 474 g/mol. The first-order chi connectivity index (χ1) is 17.5. The van der Waals surface area contributed by atoms with E-state index in [0.717, 1.165) is 37.5 Å². The molecule has 8 nitrogen and oxygen atoms in total. The zero-order valence-corrected chi connectivity index (χ0v) is 21.8. The molecule has 1 aromatic heterocycles. The molecule has 1 N–H and O–H groups in total. The van der Waals surface area contributed by atoms with Crippen LogP contribution in [0.2, 0.25) is 0 Å². The third-order valence-corrected chi connectivity index (χ3v) is 7.70. The minimum atomic E-state index is -1.20. The van der Waals surface area contributed by atoms with Gasteiger partial charge < -0.3 is 14.6 Å². The van der Waals surface area contributed by atoms with Crippen molar-refractivity contribution in [2.45, 2.75) is 25.4 Å². The molecule has 9 heteroatoms. The molecule has 192 valence electrons. The number of carbonyl (C=O) groups is 1. The van der Waals surface area contributed by atoms with Gasteiger partial charge in [0.2, 0.25) is 5.91 Å². The average molecular weight is 510 g/mol. The van der Waals surface area contributed by atoms with Gasteiger partial charge in [-0.1, -0.05) is 42.5 Å². The van der Waals surface area contributed by atoms with Gasteiger partial charge in [-0.15, -0.1) is 0 Å². The van der Waals surface area contributed by atoms with Crippen LogP contribution in [0.15, 0.2) is 67.1 Å². The van der Waals surface area contributed by atoms with E-state index < -0.39 is 17.0 Å². The molecule has 0 bridgehead atoms. The highest BCUT2D eigenvalue weighted by Crippen LogP contribution is 2.15. The molecule has 2 unspecified atom stereocenters. The SMILES string of the molecule is COc1ccc(CCN2CCN(S(C)=O)C(C(=O)NCCc3cncn3Cc3ccccc3)C2)cc1. The summed E-state index contributed by atoms with van der Waals surface area (Å²) in [6.07, 6.45) is 6.90. The number of hydrogen-bond donors (Lipinski definition) is 1. The number of rotatable bonds is 11. The monoisotopic (exact) mass is 509 g/mol. The summed E-state index contributed by atoms with van der Waals surface area (Å²) in [6, 6.07) is 17.9. The molecule has 2 atom stereocenters. The van der Waals surface area contributed by atoms with Crippen LogP contribution in [0.5, 0.6) is 5.75 Å². The Morgan fingerprint density at radius 3 is 2.58 bits per heavy atom. The van der Waals surface area contributed by atoms with Gasteiger partial charge in [-0.25, -0.2) is 13.5 Å². The average Bonchev–Trinajstić information content (AvgIpc) is 3.34. The number of piperazine rings is 1. The standard InChI is InChI=1S/C27H35N5O3S/c1-35-25-10-8-22(9-11-25)13-15-30-16-17-32(36(2)34)26(20-30)27(33)29-14-12-24-18-28-21-31(24)19-23-6-4-3-5-7-23/h3-11,18,21,26H,12-17,19-20H2,1-2H3,(H,29,33). The van der Waals surface area contributed by atoms with Crippen LogP contribution in [0.1, 0.15) is 16.8 Å².